The van der Waals surface area contributed by atoms with E-state index >= 15 is 4.11 Å². The Morgan fingerprint density at radius 2 is 1.86 bits per heavy atom. The Labute approximate surface area is 301 Å². The number of carbonyl (C=O) groups excluding carboxylic acids is 3. The summed E-state index contributed by atoms with van der Waals surface area (Å²) in [6, 6.07) is 22.6. The van der Waals surface area contributed by atoms with Crippen molar-refractivity contribution < 1.29 is 28.3 Å². The lowest BCUT2D eigenvalue weighted by atomic mass is 9.82. The van der Waals surface area contributed by atoms with Crippen molar-refractivity contribution in [3.8, 4) is 0 Å². The van der Waals surface area contributed by atoms with Crippen LogP contribution in [0.5, 0.6) is 0 Å². The summed E-state index contributed by atoms with van der Waals surface area (Å²) in [7, 11) is -3.48. The van der Waals surface area contributed by atoms with Crippen LogP contribution in [0.2, 0.25) is 18.6 Å². The Morgan fingerprint density at radius 3 is 2.60 bits per heavy atom. The number of aliphatic hydroxyl groups is 1. The highest BCUT2D eigenvalue weighted by Gasteiger charge is 2.67. The number of anilines is 2. The van der Waals surface area contributed by atoms with E-state index in [0.717, 1.165) is 34.2 Å². The molecule has 0 radical (unpaired) electrons. The van der Waals surface area contributed by atoms with E-state index in [4.69, 9.17) is 9.84 Å². The molecule has 0 aliphatic carbocycles. The summed E-state index contributed by atoms with van der Waals surface area (Å²) in [6.07, 6.45) is 1.56. The highest BCUT2D eigenvalue weighted by Crippen LogP contribution is 2.60. The summed E-state index contributed by atoms with van der Waals surface area (Å²) in [5.74, 6) is -1.13. The van der Waals surface area contributed by atoms with Crippen molar-refractivity contribution in [3.05, 3.63) is 94.0 Å². The molecule has 0 aromatic heterocycles. The Bertz CT molecular complexity index is 1850. The zero-order chi connectivity index (χ0) is 35.4. The van der Waals surface area contributed by atoms with Crippen LogP contribution in [0.15, 0.2) is 82.4 Å². The van der Waals surface area contributed by atoms with Gasteiger partial charge in [0.1, 0.15) is 0 Å². The first-order valence-electron chi connectivity index (χ1n) is 17.4. The monoisotopic (exact) mass is 760 g/mol. The lowest BCUT2D eigenvalue weighted by Crippen LogP contribution is -2.45. The number of aliphatic hydroxyl groups excluding tert-OH is 1. The SMILES string of the molecule is C[C@H]1[C@H]([Si](C)(C)F)[C@@H](CC(=O)N2CCC[C@H]2CO)O[C@]12C(=O)N(Cc1cccc(N3N=C(c4ccccc4)CCC3=O)c1)c1ccc(Br)cc12. The highest BCUT2D eigenvalue weighted by molar-refractivity contribution is 9.10. The van der Waals surface area contributed by atoms with E-state index < -0.39 is 31.6 Å². The molecule has 2 saturated heterocycles. The van der Waals surface area contributed by atoms with E-state index in [1.165, 1.54) is 5.01 Å². The van der Waals surface area contributed by atoms with Gasteiger partial charge in [0.2, 0.25) is 20.2 Å². The van der Waals surface area contributed by atoms with Crippen LogP contribution in [-0.2, 0) is 31.3 Å². The van der Waals surface area contributed by atoms with Crippen LogP contribution in [0.25, 0.3) is 0 Å². The normalized spacial score (nSPS) is 26.6. The number of halogens is 2. The molecule has 5 atom stereocenters. The largest absolute Gasteiger partial charge is 0.394 e. The number of amides is 3. The van der Waals surface area contributed by atoms with Gasteiger partial charge in [-0.05, 0) is 67.4 Å². The molecular weight excluding hydrogens is 719 g/mol. The third-order valence-electron chi connectivity index (χ3n) is 10.8. The second-order valence-corrected chi connectivity index (χ2v) is 19.1. The summed E-state index contributed by atoms with van der Waals surface area (Å²) >= 11 is 3.59. The average molecular weight is 762 g/mol. The van der Waals surface area contributed by atoms with Crippen molar-refractivity contribution in [3.63, 3.8) is 0 Å². The number of nitrogens with zero attached hydrogens (tertiary/aromatic N) is 4. The van der Waals surface area contributed by atoms with Crippen LogP contribution in [0, 0.1) is 5.92 Å². The molecule has 12 heteroatoms. The lowest BCUT2D eigenvalue weighted by molar-refractivity contribution is -0.150. The standard InChI is InChI=1S/C38H42BrFN4O5Si/c1-24-36(50(2,3)40)33(21-35(47)42-18-8-13-29(42)23-45)49-38(24)30-20-27(39)14-16-32(30)43(37(38)48)22-25-9-7-12-28(19-25)44-34(46)17-15-31(41-44)26-10-5-4-6-11-26/h4-7,9-12,14,16,19-20,24,29,33,36,45H,8,13,15,17-18,21-23H2,1-3H3/t24-,29-,33+,36-,38+/m0/s1. The van der Waals surface area contributed by atoms with Crippen LogP contribution in [0.4, 0.5) is 15.5 Å². The van der Waals surface area contributed by atoms with E-state index in [0.29, 0.717) is 36.3 Å². The average Bonchev–Trinajstić information content (AvgIpc) is 3.76. The van der Waals surface area contributed by atoms with Crippen LogP contribution >= 0.6 is 15.9 Å². The molecule has 1 spiro atoms. The van der Waals surface area contributed by atoms with Gasteiger partial charge in [-0.25, -0.2) is 5.01 Å². The number of rotatable bonds is 8. The fourth-order valence-corrected chi connectivity index (χ4v) is 11.4. The van der Waals surface area contributed by atoms with E-state index in [1.54, 1.807) is 22.9 Å². The number of likely N-dealkylation sites (tertiary alicyclic amines) is 1. The predicted molar refractivity (Wildman–Crippen MR) is 196 cm³/mol. The third-order valence-corrected chi connectivity index (χ3v) is 13.8. The maximum Gasteiger partial charge on any atom is 0.264 e. The number of ether oxygens (including phenoxy) is 1. The molecule has 0 bridgehead atoms. The van der Waals surface area contributed by atoms with Crippen molar-refractivity contribution in [2.75, 3.05) is 23.1 Å². The molecule has 0 unspecified atom stereocenters. The van der Waals surface area contributed by atoms with E-state index in [9.17, 15) is 19.5 Å². The van der Waals surface area contributed by atoms with Gasteiger partial charge in [-0.15, -0.1) is 0 Å². The topological polar surface area (TPSA) is 103 Å². The molecule has 3 aromatic rings. The van der Waals surface area contributed by atoms with Crippen molar-refractivity contribution in [1.29, 1.82) is 0 Å². The Balaban J connectivity index is 1.21. The smallest absolute Gasteiger partial charge is 0.264 e. The van der Waals surface area contributed by atoms with Gasteiger partial charge in [0.05, 0.1) is 48.8 Å². The number of benzene rings is 3. The van der Waals surface area contributed by atoms with Crippen molar-refractivity contribution in [2.45, 2.75) is 82.0 Å². The van der Waals surface area contributed by atoms with Crippen LogP contribution in [0.3, 0.4) is 0 Å². The fourth-order valence-electron chi connectivity index (χ4n) is 8.58. The second kappa shape index (κ2) is 13.4. The van der Waals surface area contributed by atoms with Gasteiger partial charge in [0.15, 0.2) is 5.60 Å². The summed E-state index contributed by atoms with van der Waals surface area (Å²) in [5.41, 5.74) is 2.40. The van der Waals surface area contributed by atoms with E-state index in [1.807, 2.05) is 79.7 Å². The minimum absolute atomic E-state index is 0.0539. The number of hydrazone groups is 1. The molecule has 4 aliphatic rings. The molecule has 3 amide bonds. The molecule has 4 aliphatic heterocycles. The highest BCUT2D eigenvalue weighted by atomic mass is 79.9. The third kappa shape index (κ3) is 6.03. The van der Waals surface area contributed by atoms with Gasteiger partial charge in [-0.2, -0.15) is 5.10 Å². The van der Waals surface area contributed by atoms with Gasteiger partial charge in [0, 0.05) is 40.9 Å². The number of fused-ring (bicyclic) bond motifs is 2. The molecule has 1 N–H and O–H groups in total. The number of carbonyl (C=O) groups is 3. The summed E-state index contributed by atoms with van der Waals surface area (Å²) < 4.78 is 23.9. The van der Waals surface area contributed by atoms with E-state index in [-0.39, 0.29) is 43.3 Å². The lowest BCUT2D eigenvalue weighted by Gasteiger charge is -2.31. The molecule has 0 saturated carbocycles. The van der Waals surface area contributed by atoms with Crippen molar-refractivity contribution >= 4 is 59.1 Å². The minimum Gasteiger partial charge on any atom is -0.394 e. The van der Waals surface area contributed by atoms with E-state index in [2.05, 4.69) is 15.9 Å². The first kappa shape index (κ1) is 34.7. The van der Waals surface area contributed by atoms with Gasteiger partial charge in [-0.3, -0.25) is 14.4 Å². The van der Waals surface area contributed by atoms with Crippen LogP contribution < -0.4 is 9.91 Å². The Hall–Kier alpha value is -3.71. The molecule has 2 fully saturated rings. The summed E-state index contributed by atoms with van der Waals surface area (Å²) in [6.45, 7) is 5.74. The van der Waals surface area contributed by atoms with Gasteiger partial charge in [-0.1, -0.05) is 65.3 Å². The quantitative estimate of drug-likeness (QED) is 0.204. The van der Waals surface area contributed by atoms with Crippen molar-refractivity contribution in [1.82, 2.24) is 4.90 Å². The van der Waals surface area contributed by atoms with Gasteiger partial charge in [0.25, 0.3) is 5.91 Å². The van der Waals surface area contributed by atoms with Crippen LogP contribution in [-0.4, -0.2) is 67.1 Å². The zero-order valence-corrected chi connectivity index (χ0v) is 31.1. The molecule has 4 heterocycles. The minimum atomic E-state index is -3.48. The van der Waals surface area contributed by atoms with Gasteiger partial charge >= 0.3 is 0 Å². The Morgan fingerprint density at radius 1 is 1.08 bits per heavy atom. The predicted octanol–water partition coefficient (Wildman–Crippen LogP) is 6.68. The zero-order valence-electron chi connectivity index (χ0n) is 28.5. The van der Waals surface area contributed by atoms with Crippen LogP contribution in [0.1, 0.15) is 55.7 Å². The summed E-state index contributed by atoms with van der Waals surface area (Å²) in [4.78, 5) is 44.9. The fraction of sp³-hybridized carbons (Fsp3) is 0.421. The molecule has 262 valence electrons. The second-order valence-electron chi connectivity index (χ2n) is 14.4. The number of hydrogen-bond donors (Lipinski definition) is 1. The summed E-state index contributed by atoms with van der Waals surface area (Å²) in [5, 5.41) is 16.0. The Kier molecular flexibility index (Phi) is 9.34. The molecule has 3 aromatic carbocycles. The van der Waals surface area contributed by atoms with Gasteiger partial charge < -0.3 is 23.8 Å². The molecular formula is C38H42BrFN4O5Si. The maximum atomic E-state index is 16.3. The maximum absolute atomic E-state index is 16.3. The first-order valence-corrected chi connectivity index (χ1v) is 21.1. The first-order chi connectivity index (χ1) is 23.9. The molecule has 7 rings (SSSR count). The number of hydrogen-bond acceptors (Lipinski definition) is 6. The van der Waals surface area contributed by atoms with Crippen molar-refractivity contribution in [2.24, 2.45) is 11.0 Å². The molecule has 9 nitrogen and oxygen atoms in total. The molecule has 50 heavy (non-hydrogen) atoms.